The van der Waals surface area contributed by atoms with Crippen molar-refractivity contribution < 1.29 is 4.39 Å². The minimum Gasteiger partial charge on any atom is -0.275 e. The Labute approximate surface area is 222 Å². The molecule has 0 radical (unpaired) electrons. The number of halogens is 1. The van der Waals surface area contributed by atoms with Crippen molar-refractivity contribution in [2.45, 2.75) is 38.6 Å². The number of hydrogen-bond acceptors (Lipinski definition) is 5. The van der Waals surface area contributed by atoms with Gasteiger partial charge in [0.2, 0.25) is 0 Å². The Morgan fingerprint density at radius 3 is 2.00 bits per heavy atom. The molecule has 0 spiro atoms. The summed E-state index contributed by atoms with van der Waals surface area (Å²) in [5.41, 5.74) is 6.68. The first-order valence-electron chi connectivity index (χ1n) is 11.5. The van der Waals surface area contributed by atoms with Gasteiger partial charge < -0.3 is 0 Å². The first-order valence-corrected chi connectivity index (χ1v) is 13.7. The van der Waals surface area contributed by atoms with Gasteiger partial charge >= 0.3 is 0 Å². The second-order valence-electron chi connectivity index (χ2n) is 8.75. The van der Waals surface area contributed by atoms with Crippen molar-refractivity contribution >= 4 is 45.7 Å². The number of hydrogen-bond donors (Lipinski definition) is 0. The summed E-state index contributed by atoms with van der Waals surface area (Å²) >= 11 is 8.39. The summed E-state index contributed by atoms with van der Waals surface area (Å²) in [6.07, 6.45) is 0. The quantitative estimate of drug-likeness (QED) is 0.132. The molecule has 0 saturated carbocycles. The molecular formula is C28H24FN3OS3. The standard InChI is InChI=1S/C28H24FN3OS3/c1-16-9-7-10-17(2)22(16)31-25-24(36-28(31)34)26(33)32(23-18(3)11-8-12-19(23)4)27(30-25)35-15-20-13-5-6-14-21(20)29/h5-14H,15H2,1-4H3. The van der Waals surface area contributed by atoms with Crippen molar-refractivity contribution in [2.75, 3.05) is 0 Å². The van der Waals surface area contributed by atoms with Gasteiger partial charge in [0.05, 0.1) is 11.4 Å². The fraction of sp³-hybridized carbons (Fsp3) is 0.179. The molecule has 0 N–H and O–H groups in total. The topological polar surface area (TPSA) is 39.8 Å². The van der Waals surface area contributed by atoms with E-state index in [0.29, 0.717) is 30.8 Å². The number of nitrogens with zero attached hydrogens (tertiary/aromatic N) is 3. The van der Waals surface area contributed by atoms with E-state index in [9.17, 15) is 9.18 Å². The lowest BCUT2D eigenvalue weighted by molar-refractivity contribution is 0.617. The van der Waals surface area contributed by atoms with Gasteiger partial charge in [0, 0.05) is 5.75 Å². The van der Waals surface area contributed by atoms with Crippen molar-refractivity contribution in [1.82, 2.24) is 14.1 Å². The predicted molar refractivity (Wildman–Crippen MR) is 150 cm³/mol. The van der Waals surface area contributed by atoms with Crippen LogP contribution in [0.3, 0.4) is 0 Å². The zero-order valence-corrected chi connectivity index (χ0v) is 22.8. The number of rotatable bonds is 5. The van der Waals surface area contributed by atoms with Crippen molar-refractivity contribution in [1.29, 1.82) is 0 Å². The van der Waals surface area contributed by atoms with E-state index in [4.69, 9.17) is 17.2 Å². The Kier molecular flexibility index (Phi) is 6.68. The van der Waals surface area contributed by atoms with Crippen LogP contribution in [0, 0.1) is 37.5 Å². The summed E-state index contributed by atoms with van der Waals surface area (Å²) in [6, 6.07) is 18.7. The molecule has 0 saturated heterocycles. The molecule has 5 rings (SSSR count). The van der Waals surface area contributed by atoms with Crippen LogP contribution in [0.2, 0.25) is 0 Å². The summed E-state index contributed by atoms with van der Waals surface area (Å²) in [7, 11) is 0. The monoisotopic (exact) mass is 533 g/mol. The van der Waals surface area contributed by atoms with Crippen LogP contribution in [-0.2, 0) is 5.75 Å². The molecule has 3 aromatic carbocycles. The van der Waals surface area contributed by atoms with Gasteiger partial charge in [0.15, 0.2) is 14.8 Å². The minimum absolute atomic E-state index is 0.172. The van der Waals surface area contributed by atoms with Crippen LogP contribution in [0.15, 0.2) is 70.6 Å². The van der Waals surface area contributed by atoms with Crippen LogP contribution in [0.5, 0.6) is 0 Å². The number of thioether (sulfide) groups is 1. The molecule has 0 aliphatic rings. The molecule has 5 aromatic rings. The Hall–Kier alpha value is -3.07. The smallest absolute Gasteiger partial charge is 0.275 e. The summed E-state index contributed by atoms with van der Waals surface area (Å²) in [4.78, 5) is 19.1. The molecule has 36 heavy (non-hydrogen) atoms. The highest BCUT2D eigenvalue weighted by molar-refractivity contribution is 7.98. The molecule has 2 aromatic heterocycles. The molecule has 0 atom stereocenters. The third-order valence-electron chi connectivity index (χ3n) is 6.22. The Bertz CT molecular complexity index is 1710. The van der Waals surface area contributed by atoms with Gasteiger partial charge in [-0.15, -0.1) is 0 Å². The van der Waals surface area contributed by atoms with Crippen molar-refractivity contribution in [3.63, 3.8) is 0 Å². The van der Waals surface area contributed by atoms with E-state index in [2.05, 4.69) is 0 Å². The Morgan fingerprint density at radius 2 is 1.42 bits per heavy atom. The third-order valence-corrected chi connectivity index (χ3v) is 8.56. The lowest BCUT2D eigenvalue weighted by Crippen LogP contribution is -2.23. The number of aromatic nitrogens is 3. The maximum absolute atomic E-state index is 14.4. The Balaban J connectivity index is 1.82. The molecule has 8 heteroatoms. The summed E-state index contributed by atoms with van der Waals surface area (Å²) in [5, 5.41) is 0.501. The number of fused-ring (bicyclic) bond motifs is 1. The lowest BCUT2D eigenvalue weighted by Gasteiger charge is -2.17. The molecule has 4 nitrogen and oxygen atoms in total. The maximum Gasteiger partial charge on any atom is 0.278 e. The molecule has 0 amide bonds. The second kappa shape index (κ2) is 9.76. The average Bonchev–Trinajstić information content (AvgIpc) is 3.16. The highest BCUT2D eigenvalue weighted by Gasteiger charge is 2.22. The van der Waals surface area contributed by atoms with E-state index >= 15 is 0 Å². The number of aryl methyl sites for hydroxylation is 4. The molecule has 0 aliphatic heterocycles. The summed E-state index contributed by atoms with van der Waals surface area (Å²) in [5.74, 6) is 0.0603. The van der Waals surface area contributed by atoms with E-state index < -0.39 is 0 Å². The normalized spacial score (nSPS) is 11.4. The maximum atomic E-state index is 14.4. The molecule has 0 unspecified atom stereocenters. The van der Waals surface area contributed by atoms with Crippen LogP contribution in [0.1, 0.15) is 27.8 Å². The van der Waals surface area contributed by atoms with E-state index in [1.807, 2.05) is 74.7 Å². The fourth-order valence-electron chi connectivity index (χ4n) is 4.50. The molecule has 0 fully saturated rings. The zero-order valence-electron chi connectivity index (χ0n) is 20.3. The highest BCUT2D eigenvalue weighted by Crippen LogP contribution is 2.32. The van der Waals surface area contributed by atoms with Gasteiger partial charge in [-0.25, -0.2) is 9.37 Å². The van der Waals surface area contributed by atoms with Crippen molar-refractivity contribution in [3.05, 3.63) is 109 Å². The van der Waals surface area contributed by atoms with E-state index in [1.54, 1.807) is 16.7 Å². The predicted octanol–water partition coefficient (Wildman–Crippen LogP) is 7.63. The first-order chi connectivity index (χ1) is 17.3. The highest BCUT2D eigenvalue weighted by atomic mass is 32.2. The van der Waals surface area contributed by atoms with Gasteiger partial charge in [-0.3, -0.25) is 13.9 Å². The van der Waals surface area contributed by atoms with Gasteiger partial charge in [-0.1, -0.05) is 77.7 Å². The van der Waals surface area contributed by atoms with Crippen LogP contribution in [0.4, 0.5) is 4.39 Å². The molecule has 2 heterocycles. The lowest BCUT2D eigenvalue weighted by atomic mass is 10.1. The molecule has 0 aliphatic carbocycles. The number of thiazole rings is 1. The van der Waals surface area contributed by atoms with Crippen molar-refractivity contribution in [2.24, 2.45) is 0 Å². The van der Waals surface area contributed by atoms with E-state index in [0.717, 1.165) is 33.6 Å². The zero-order chi connectivity index (χ0) is 25.6. The SMILES string of the molecule is Cc1cccc(C)c1-n1c(SCc2ccccc2F)nc2c(sc(=S)n2-c2c(C)cccc2C)c1=O. The fourth-order valence-corrected chi connectivity index (χ4v) is 6.75. The molecule has 182 valence electrons. The van der Waals surface area contributed by atoms with Crippen molar-refractivity contribution in [3.8, 4) is 11.4 Å². The van der Waals surface area contributed by atoms with Gasteiger partial charge in [0.1, 0.15) is 10.5 Å². The van der Waals surface area contributed by atoms with Crippen LogP contribution in [0.25, 0.3) is 21.7 Å². The Morgan fingerprint density at radius 1 is 0.861 bits per heavy atom. The first kappa shape index (κ1) is 24.6. The van der Waals surface area contributed by atoms with Crippen LogP contribution in [-0.4, -0.2) is 14.1 Å². The largest absolute Gasteiger partial charge is 0.278 e. The number of para-hydroxylation sites is 2. The average molecular weight is 534 g/mol. The van der Waals surface area contributed by atoms with Crippen LogP contribution < -0.4 is 5.56 Å². The summed E-state index contributed by atoms with van der Waals surface area (Å²) < 4.78 is 19.1. The summed E-state index contributed by atoms with van der Waals surface area (Å²) in [6.45, 7) is 8.01. The molecule has 0 bridgehead atoms. The molecular weight excluding hydrogens is 510 g/mol. The van der Waals surface area contributed by atoms with Gasteiger partial charge in [0.25, 0.3) is 5.56 Å². The second-order valence-corrected chi connectivity index (χ2v) is 11.3. The third kappa shape index (κ3) is 4.23. The van der Waals surface area contributed by atoms with Gasteiger partial charge in [-0.2, -0.15) is 0 Å². The van der Waals surface area contributed by atoms with E-state index in [1.165, 1.54) is 29.2 Å². The van der Waals surface area contributed by atoms with E-state index in [-0.39, 0.29) is 11.4 Å². The van der Waals surface area contributed by atoms with Gasteiger partial charge in [-0.05, 0) is 73.8 Å². The number of benzene rings is 3. The van der Waals surface area contributed by atoms with Crippen LogP contribution >= 0.6 is 35.3 Å². The minimum atomic E-state index is -0.277.